The van der Waals surface area contributed by atoms with Gasteiger partial charge >= 0.3 is 0 Å². The molecular formula is C12H22N3O3. The monoisotopic (exact) mass is 256 g/mol. The minimum atomic E-state index is -0.389. The standard InChI is InChI=1S/C12H22N3O3/c1-10(8-11(13)16)9-12(17)14-2-3-15-4-6-18-7-5-15/h9-10H,2-8H2,1H3,(H2,13,16)(H,14,17)/t10-/m1/s1. The molecule has 1 saturated heterocycles. The van der Waals surface area contributed by atoms with Gasteiger partial charge in [-0.25, -0.2) is 0 Å². The molecule has 0 unspecified atom stereocenters. The molecule has 1 radical (unpaired) electrons. The first-order valence-electron chi connectivity index (χ1n) is 6.29. The van der Waals surface area contributed by atoms with Gasteiger partial charge in [0.1, 0.15) is 0 Å². The molecule has 1 fully saturated rings. The van der Waals surface area contributed by atoms with Gasteiger partial charge < -0.3 is 15.8 Å². The molecule has 18 heavy (non-hydrogen) atoms. The number of ether oxygens (including phenoxy) is 1. The van der Waals surface area contributed by atoms with Crippen molar-refractivity contribution in [2.24, 2.45) is 11.7 Å². The van der Waals surface area contributed by atoms with Gasteiger partial charge in [-0.05, 0) is 5.92 Å². The number of primary amides is 1. The molecule has 1 aliphatic rings. The first-order valence-corrected chi connectivity index (χ1v) is 6.29. The van der Waals surface area contributed by atoms with E-state index in [1.54, 1.807) is 6.92 Å². The topological polar surface area (TPSA) is 84.7 Å². The molecule has 0 aromatic heterocycles. The summed E-state index contributed by atoms with van der Waals surface area (Å²) in [6.07, 6.45) is 1.71. The van der Waals surface area contributed by atoms with Crippen LogP contribution in [0.3, 0.4) is 0 Å². The number of hydrogen-bond acceptors (Lipinski definition) is 4. The second-order valence-electron chi connectivity index (χ2n) is 4.56. The van der Waals surface area contributed by atoms with Gasteiger partial charge in [0.25, 0.3) is 0 Å². The van der Waals surface area contributed by atoms with E-state index in [1.165, 1.54) is 6.42 Å². The van der Waals surface area contributed by atoms with Crippen LogP contribution >= 0.6 is 0 Å². The van der Waals surface area contributed by atoms with Crippen LogP contribution in [0.25, 0.3) is 0 Å². The zero-order chi connectivity index (χ0) is 13.4. The van der Waals surface area contributed by atoms with Crippen molar-refractivity contribution in [3.05, 3.63) is 6.42 Å². The molecule has 3 N–H and O–H groups in total. The highest BCUT2D eigenvalue weighted by atomic mass is 16.5. The van der Waals surface area contributed by atoms with Crippen molar-refractivity contribution >= 4 is 11.8 Å². The number of nitrogens with one attached hydrogen (secondary N) is 1. The van der Waals surface area contributed by atoms with E-state index >= 15 is 0 Å². The fourth-order valence-electron chi connectivity index (χ4n) is 1.86. The van der Waals surface area contributed by atoms with E-state index in [0.717, 1.165) is 32.8 Å². The summed E-state index contributed by atoms with van der Waals surface area (Å²) in [5, 5.41) is 2.81. The lowest BCUT2D eigenvalue weighted by molar-refractivity contribution is -0.119. The SMILES string of the molecule is C[C@@H]([CH]C(=O)NCCN1CCOCC1)CC(N)=O. The number of morpholine rings is 1. The van der Waals surface area contributed by atoms with Crippen LogP contribution < -0.4 is 11.1 Å². The highest BCUT2D eigenvalue weighted by Gasteiger charge is 2.13. The van der Waals surface area contributed by atoms with Crippen molar-refractivity contribution in [2.45, 2.75) is 13.3 Å². The molecule has 0 aromatic rings. The van der Waals surface area contributed by atoms with Crippen molar-refractivity contribution in [1.29, 1.82) is 0 Å². The highest BCUT2D eigenvalue weighted by Crippen LogP contribution is 2.04. The Hall–Kier alpha value is -1.14. The van der Waals surface area contributed by atoms with Crippen LogP contribution in [-0.2, 0) is 14.3 Å². The van der Waals surface area contributed by atoms with E-state index in [2.05, 4.69) is 10.2 Å². The van der Waals surface area contributed by atoms with Crippen LogP contribution in [0.1, 0.15) is 13.3 Å². The molecule has 0 aromatic carbocycles. The van der Waals surface area contributed by atoms with Crippen molar-refractivity contribution in [2.75, 3.05) is 39.4 Å². The largest absolute Gasteiger partial charge is 0.379 e. The fourth-order valence-corrected chi connectivity index (χ4v) is 1.86. The third-order valence-electron chi connectivity index (χ3n) is 2.79. The molecule has 6 heteroatoms. The second-order valence-corrected chi connectivity index (χ2v) is 4.56. The van der Waals surface area contributed by atoms with Crippen LogP contribution in [0.5, 0.6) is 0 Å². The molecule has 0 aliphatic carbocycles. The minimum Gasteiger partial charge on any atom is -0.379 e. The summed E-state index contributed by atoms with van der Waals surface area (Å²) in [6, 6.07) is 0. The van der Waals surface area contributed by atoms with Crippen LogP contribution in [0, 0.1) is 12.3 Å². The maximum atomic E-state index is 11.5. The average Bonchev–Trinajstić information content (AvgIpc) is 2.29. The Morgan fingerprint density at radius 1 is 1.44 bits per heavy atom. The third-order valence-corrected chi connectivity index (χ3v) is 2.79. The van der Waals surface area contributed by atoms with E-state index in [-0.39, 0.29) is 24.2 Å². The summed E-state index contributed by atoms with van der Waals surface area (Å²) in [5.74, 6) is -0.650. The van der Waals surface area contributed by atoms with Crippen molar-refractivity contribution in [1.82, 2.24) is 10.2 Å². The van der Waals surface area contributed by atoms with Crippen molar-refractivity contribution in [3.8, 4) is 0 Å². The summed E-state index contributed by atoms with van der Waals surface area (Å²) in [7, 11) is 0. The van der Waals surface area contributed by atoms with Crippen molar-refractivity contribution < 1.29 is 14.3 Å². The van der Waals surface area contributed by atoms with E-state index in [4.69, 9.17) is 10.5 Å². The van der Waals surface area contributed by atoms with Gasteiger partial charge in [-0.3, -0.25) is 14.5 Å². The minimum absolute atomic E-state index is 0.120. The van der Waals surface area contributed by atoms with E-state index in [9.17, 15) is 9.59 Å². The number of nitrogens with zero attached hydrogens (tertiary/aromatic N) is 1. The Morgan fingerprint density at radius 2 is 2.11 bits per heavy atom. The quantitative estimate of drug-likeness (QED) is 0.621. The number of carbonyl (C=O) groups excluding carboxylic acids is 2. The Morgan fingerprint density at radius 3 is 2.72 bits per heavy atom. The van der Waals surface area contributed by atoms with Crippen LogP contribution in [0.2, 0.25) is 0 Å². The van der Waals surface area contributed by atoms with Crippen LogP contribution in [0.15, 0.2) is 0 Å². The summed E-state index contributed by atoms with van der Waals surface area (Å²) in [5.41, 5.74) is 5.06. The first kappa shape index (κ1) is 14.9. The Labute approximate surface area is 108 Å². The zero-order valence-corrected chi connectivity index (χ0v) is 10.9. The lowest BCUT2D eigenvalue weighted by Crippen LogP contribution is -2.41. The molecule has 0 bridgehead atoms. The molecular weight excluding hydrogens is 234 g/mol. The molecule has 1 heterocycles. The number of amides is 2. The van der Waals surface area contributed by atoms with E-state index < -0.39 is 0 Å². The molecule has 6 nitrogen and oxygen atoms in total. The Kier molecular flexibility index (Phi) is 6.67. The smallest absolute Gasteiger partial charge is 0.224 e. The third kappa shape index (κ3) is 6.56. The number of nitrogens with two attached hydrogens (primary N) is 1. The first-order chi connectivity index (χ1) is 8.58. The number of carbonyl (C=O) groups is 2. The predicted octanol–water partition coefficient (Wildman–Crippen LogP) is -0.849. The molecule has 1 atom stereocenters. The average molecular weight is 256 g/mol. The number of rotatable bonds is 7. The van der Waals surface area contributed by atoms with Gasteiger partial charge in [0.15, 0.2) is 0 Å². The van der Waals surface area contributed by atoms with Gasteiger partial charge in [-0.2, -0.15) is 0 Å². The van der Waals surface area contributed by atoms with E-state index in [1.807, 2.05) is 0 Å². The van der Waals surface area contributed by atoms with Crippen molar-refractivity contribution in [3.63, 3.8) is 0 Å². The highest BCUT2D eigenvalue weighted by molar-refractivity contribution is 5.86. The van der Waals surface area contributed by atoms with E-state index in [0.29, 0.717) is 6.54 Å². The maximum absolute atomic E-state index is 11.5. The molecule has 103 valence electrons. The molecule has 1 rings (SSSR count). The van der Waals surface area contributed by atoms with Crippen LogP contribution in [0.4, 0.5) is 0 Å². The van der Waals surface area contributed by atoms with Gasteiger partial charge in [-0.1, -0.05) is 6.92 Å². The molecule has 1 aliphatic heterocycles. The second kappa shape index (κ2) is 8.05. The van der Waals surface area contributed by atoms with Gasteiger partial charge in [0.05, 0.1) is 19.6 Å². The van der Waals surface area contributed by atoms with Gasteiger partial charge in [0, 0.05) is 32.6 Å². The molecule has 0 spiro atoms. The summed E-state index contributed by atoms with van der Waals surface area (Å²) >= 11 is 0. The Balaban J connectivity index is 2.07. The summed E-state index contributed by atoms with van der Waals surface area (Å²) in [6.45, 7) is 6.58. The lowest BCUT2D eigenvalue weighted by atomic mass is 10.0. The Bertz CT molecular complexity index is 278. The molecule has 0 saturated carbocycles. The zero-order valence-electron chi connectivity index (χ0n) is 10.9. The maximum Gasteiger partial charge on any atom is 0.224 e. The number of hydrogen-bond donors (Lipinski definition) is 2. The molecule has 2 amide bonds. The fraction of sp³-hybridized carbons (Fsp3) is 0.750. The van der Waals surface area contributed by atoms with Crippen LogP contribution in [-0.4, -0.2) is 56.1 Å². The normalized spacial score (nSPS) is 18.3. The predicted molar refractivity (Wildman–Crippen MR) is 67.5 cm³/mol. The summed E-state index contributed by atoms with van der Waals surface area (Å²) < 4.78 is 5.24. The van der Waals surface area contributed by atoms with Gasteiger partial charge in [0.2, 0.25) is 11.8 Å². The summed E-state index contributed by atoms with van der Waals surface area (Å²) in [4.78, 5) is 24.4. The van der Waals surface area contributed by atoms with Gasteiger partial charge in [-0.15, -0.1) is 0 Å². The lowest BCUT2D eigenvalue weighted by Gasteiger charge is -2.26.